The molecular formula is C18H22N2O5S2. The minimum absolute atomic E-state index is 0.0275. The number of amidine groups is 1. The molecule has 1 aromatic carbocycles. The largest absolute Gasteiger partial charge is 0.481 e. The van der Waals surface area contributed by atoms with Gasteiger partial charge in [0.15, 0.2) is 15.0 Å². The monoisotopic (exact) mass is 410 g/mol. The number of aliphatic imine (C=N–C) groups is 1. The number of anilines is 1. The molecule has 0 bridgehead atoms. The van der Waals surface area contributed by atoms with E-state index in [0.29, 0.717) is 5.17 Å². The van der Waals surface area contributed by atoms with Crippen molar-refractivity contribution in [3.8, 4) is 0 Å². The number of carboxylic acids is 1. The summed E-state index contributed by atoms with van der Waals surface area (Å²) in [6.45, 7) is 5.91. The Hall–Kier alpha value is -1.87. The Kier molecular flexibility index (Phi) is 5.36. The molecule has 27 heavy (non-hydrogen) atoms. The standard InChI is InChI=1S/C18H22N2O5S2/c1-10-6-11(2)17(12(3)7-10)20-13-8-27(24,25)9-14(13)26-18(20)19-15(21)4-5-16(22)23/h6-7,13-14H,4-5,8-9H2,1-3H3,(H,22,23)/t13-,14-/m1/s1. The smallest absolute Gasteiger partial charge is 0.303 e. The summed E-state index contributed by atoms with van der Waals surface area (Å²) < 4.78 is 24.3. The maximum absolute atomic E-state index is 12.1. The van der Waals surface area contributed by atoms with Crippen molar-refractivity contribution in [2.45, 2.75) is 44.9 Å². The third kappa shape index (κ3) is 4.19. The third-order valence-corrected chi connectivity index (χ3v) is 7.93. The van der Waals surface area contributed by atoms with Crippen LogP contribution in [0.1, 0.15) is 29.5 Å². The van der Waals surface area contributed by atoms with Gasteiger partial charge in [0.1, 0.15) is 0 Å². The van der Waals surface area contributed by atoms with Gasteiger partial charge in [0.05, 0.1) is 24.0 Å². The van der Waals surface area contributed by atoms with Crippen molar-refractivity contribution < 1.29 is 23.1 Å². The Bertz CT molecular complexity index is 916. The highest BCUT2D eigenvalue weighted by Gasteiger charge is 2.50. The molecule has 3 rings (SSSR count). The lowest BCUT2D eigenvalue weighted by atomic mass is 10.0. The van der Waals surface area contributed by atoms with E-state index in [4.69, 9.17) is 5.11 Å². The lowest BCUT2D eigenvalue weighted by molar-refractivity contribution is -0.138. The zero-order valence-corrected chi connectivity index (χ0v) is 17.1. The molecule has 0 aliphatic carbocycles. The SMILES string of the molecule is Cc1cc(C)c(N2C(=NC(=O)CCC(=O)O)S[C@@H]3CS(=O)(=O)C[C@H]32)c(C)c1. The fourth-order valence-corrected chi connectivity index (χ4v) is 7.67. The molecule has 0 aromatic heterocycles. The van der Waals surface area contributed by atoms with Crippen molar-refractivity contribution in [1.29, 1.82) is 0 Å². The van der Waals surface area contributed by atoms with Crippen LogP contribution >= 0.6 is 11.8 Å². The topological polar surface area (TPSA) is 104 Å². The second kappa shape index (κ2) is 7.27. The zero-order valence-electron chi connectivity index (χ0n) is 15.4. The number of benzene rings is 1. The second-order valence-corrected chi connectivity index (χ2v) is 10.5. The highest BCUT2D eigenvalue weighted by molar-refractivity contribution is 8.16. The highest BCUT2D eigenvalue weighted by Crippen LogP contribution is 2.43. The van der Waals surface area contributed by atoms with Crippen LogP contribution in [0.3, 0.4) is 0 Å². The van der Waals surface area contributed by atoms with Gasteiger partial charge in [-0.05, 0) is 31.9 Å². The molecule has 146 valence electrons. The summed E-state index contributed by atoms with van der Waals surface area (Å²) in [4.78, 5) is 28.9. The van der Waals surface area contributed by atoms with Crippen molar-refractivity contribution in [2.75, 3.05) is 16.4 Å². The van der Waals surface area contributed by atoms with Gasteiger partial charge in [-0.3, -0.25) is 9.59 Å². The molecule has 2 atom stereocenters. The normalized spacial score (nSPS) is 25.0. The van der Waals surface area contributed by atoms with E-state index in [-0.39, 0.29) is 35.6 Å². The first-order valence-corrected chi connectivity index (χ1v) is 11.3. The molecule has 0 spiro atoms. The Morgan fingerprint density at radius 3 is 2.41 bits per heavy atom. The Morgan fingerprint density at radius 1 is 1.19 bits per heavy atom. The van der Waals surface area contributed by atoms with Gasteiger partial charge in [-0.15, -0.1) is 0 Å². The number of sulfone groups is 1. The van der Waals surface area contributed by atoms with E-state index in [1.165, 1.54) is 11.8 Å². The molecule has 2 saturated heterocycles. The van der Waals surface area contributed by atoms with E-state index < -0.39 is 21.7 Å². The van der Waals surface area contributed by atoms with E-state index in [1.807, 2.05) is 37.8 Å². The van der Waals surface area contributed by atoms with Gasteiger partial charge in [0.2, 0.25) is 5.91 Å². The lowest BCUT2D eigenvalue weighted by Gasteiger charge is -2.28. The number of rotatable bonds is 4. The average molecular weight is 411 g/mol. The van der Waals surface area contributed by atoms with Crippen molar-refractivity contribution >= 4 is 44.3 Å². The van der Waals surface area contributed by atoms with Gasteiger partial charge < -0.3 is 10.0 Å². The van der Waals surface area contributed by atoms with Gasteiger partial charge >= 0.3 is 5.97 Å². The maximum atomic E-state index is 12.1. The first kappa shape index (κ1) is 19.9. The minimum Gasteiger partial charge on any atom is -0.481 e. The minimum atomic E-state index is -3.13. The van der Waals surface area contributed by atoms with E-state index >= 15 is 0 Å². The maximum Gasteiger partial charge on any atom is 0.303 e. The number of nitrogens with zero attached hydrogens (tertiary/aromatic N) is 2. The van der Waals surface area contributed by atoms with Crippen LogP contribution in [0, 0.1) is 20.8 Å². The van der Waals surface area contributed by atoms with Gasteiger partial charge in [0.25, 0.3) is 0 Å². The summed E-state index contributed by atoms with van der Waals surface area (Å²) in [5.74, 6) is -1.46. The predicted molar refractivity (Wildman–Crippen MR) is 106 cm³/mol. The number of fused-ring (bicyclic) bond motifs is 1. The van der Waals surface area contributed by atoms with Gasteiger partial charge in [-0.1, -0.05) is 29.5 Å². The van der Waals surface area contributed by atoms with E-state index in [2.05, 4.69) is 4.99 Å². The van der Waals surface area contributed by atoms with E-state index in [9.17, 15) is 18.0 Å². The second-order valence-electron chi connectivity index (χ2n) is 7.10. The van der Waals surface area contributed by atoms with Crippen LogP contribution in [0.25, 0.3) is 0 Å². The van der Waals surface area contributed by atoms with Crippen LogP contribution in [-0.4, -0.2) is 53.4 Å². The van der Waals surface area contributed by atoms with Crippen LogP contribution in [0.2, 0.25) is 0 Å². The van der Waals surface area contributed by atoms with Gasteiger partial charge in [-0.2, -0.15) is 4.99 Å². The molecule has 2 aliphatic heterocycles. The van der Waals surface area contributed by atoms with Crippen LogP contribution in [0.15, 0.2) is 17.1 Å². The van der Waals surface area contributed by atoms with E-state index in [0.717, 1.165) is 22.4 Å². The summed E-state index contributed by atoms with van der Waals surface area (Å²) in [7, 11) is -3.13. The summed E-state index contributed by atoms with van der Waals surface area (Å²) in [6, 6.07) is 3.77. The fraction of sp³-hybridized carbons (Fsp3) is 0.500. The average Bonchev–Trinajstić information content (AvgIpc) is 2.97. The molecule has 0 saturated carbocycles. The molecular weight excluding hydrogens is 388 g/mol. The number of hydrogen-bond donors (Lipinski definition) is 1. The van der Waals surface area contributed by atoms with Crippen LogP contribution < -0.4 is 4.90 Å². The van der Waals surface area contributed by atoms with Crippen molar-refractivity contribution in [3.05, 3.63) is 28.8 Å². The summed E-state index contributed by atoms with van der Waals surface area (Å²) in [5, 5.41) is 9.04. The van der Waals surface area contributed by atoms with Crippen LogP contribution in [-0.2, 0) is 19.4 Å². The highest BCUT2D eigenvalue weighted by atomic mass is 32.2. The molecule has 1 N–H and O–H groups in total. The molecule has 1 amide bonds. The Morgan fingerprint density at radius 2 is 1.81 bits per heavy atom. The number of carbonyl (C=O) groups excluding carboxylic acids is 1. The Balaban J connectivity index is 2.02. The van der Waals surface area contributed by atoms with E-state index in [1.54, 1.807) is 0 Å². The number of carboxylic acid groups (broad SMARTS) is 1. The molecule has 1 aromatic rings. The summed E-state index contributed by atoms with van der Waals surface area (Å²) in [6.07, 6.45) is -0.448. The zero-order chi connectivity index (χ0) is 19.9. The molecule has 2 aliphatic rings. The van der Waals surface area contributed by atoms with Crippen molar-refractivity contribution in [2.24, 2.45) is 4.99 Å². The number of carbonyl (C=O) groups is 2. The quantitative estimate of drug-likeness (QED) is 0.810. The van der Waals surface area contributed by atoms with Gasteiger partial charge in [-0.25, -0.2) is 8.42 Å². The van der Waals surface area contributed by atoms with Crippen LogP contribution in [0.5, 0.6) is 0 Å². The number of thioether (sulfide) groups is 1. The number of aliphatic carboxylic acids is 1. The first-order chi connectivity index (χ1) is 12.6. The Labute approximate surface area is 162 Å². The van der Waals surface area contributed by atoms with Crippen molar-refractivity contribution in [3.63, 3.8) is 0 Å². The molecule has 7 nitrogen and oxygen atoms in total. The van der Waals surface area contributed by atoms with Crippen LogP contribution in [0.4, 0.5) is 5.69 Å². The fourth-order valence-electron chi connectivity index (χ4n) is 3.75. The molecule has 9 heteroatoms. The number of amides is 1. The van der Waals surface area contributed by atoms with Gasteiger partial charge in [0, 0.05) is 17.4 Å². The number of aryl methyl sites for hydroxylation is 3. The molecule has 2 heterocycles. The predicted octanol–water partition coefficient (Wildman–Crippen LogP) is 2.08. The summed E-state index contributed by atoms with van der Waals surface area (Å²) >= 11 is 1.30. The third-order valence-electron chi connectivity index (χ3n) is 4.72. The molecule has 0 unspecified atom stereocenters. The lowest BCUT2D eigenvalue weighted by Crippen LogP contribution is -2.38. The molecule has 2 fully saturated rings. The first-order valence-electron chi connectivity index (χ1n) is 8.65. The molecule has 0 radical (unpaired) electrons. The number of hydrogen-bond acceptors (Lipinski definition) is 5. The van der Waals surface area contributed by atoms with Crippen molar-refractivity contribution in [1.82, 2.24) is 0 Å². The summed E-state index contributed by atoms with van der Waals surface area (Å²) in [5.41, 5.74) is 3.96.